The van der Waals surface area contributed by atoms with E-state index in [1.165, 1.54) is 24.3 Å². The van der Waals surface area contributed by atoms with E-state index in [4.69, 9.17) is 14.2 Å². The van der Waals surface area contributed by atoms with Crippen molar-refractivity contribution in [3.8, 4) is 11.5 Å². The first-order valence-electron chi connectivity index (χ1n) is 7.15. The van der Waals surface area contributed by atoms with Crippen LogP contribution in [0.1, 0.15) is 16.7 Å². The van der Waals surface area contributed by atoms with Gasteiger partial charge in [0.05, 0.1) is 17.1 Å². The third-order valence-electron chi connectivity index (χ3n) is 3.54. The van der Waals surface area contributed by atoms with Crippen LogP contribution >= 0.6 is 0 Å². The molecular weight excluding hydrogens is 343 g/mol. The van der Waals surface area contributed by atoms with Gasteiger partial charge in [-0.05, 0) is 18.2 Å². The number of hydrogen-bond acceptors (Lipinski definition) is 5. The average molecular weight is 355 g/mol. The molecule has 0 radical (unpaired) electrons. The van der Waals surface area contributed by atoms with Crippen molar-refractivity contribution in [2.45, 2.75) is 19.4 Å². The molecule has 0 aromatic heterocycles. The number of alkyl halides is 3. The van der Waals surface area contributed by atoms with Crippen LogP contribution in [0.25, 0.3) is 0 Å². The van der Waals surface area contributed by atoms with E-state index in [0.717, 1.165) is 12.1 Å². The minimum atomic E-state index is -4.48. The van der Waals surface area contributed by atoms with Gasteiger partial charge in [-0.25, -0.2) is 0 Å². The van der Waals surface area contributed by atoms with Crippen LogP contribution in [-0.4, -0.2) is 11.7 Å². The third kappa shape index (κ3) is 3.82. The molecular formula is C16H12F3NO5. The van der Waals surface area contributed by atoms with E-state index in [1.807, 2.05) is 0 Å². The summed E-state index contributed by atoms with van der Waals surface area (Å²) in [6.45, 7) is -0.0414. The SMILES string of the molecule is O=[N+]([O-])c1cc2c(c(COc3cccc(C(F)(F)F)c3)c1)OCOC2. The number of non-ortho nitro benzene ring substituents is 1. The van der Waals surface area contributed by atoms with Crippen LogP contribution in [0.4, 0.5) is 18.9 Å². The molecule has 0 bridgehead atoms. The smallest absolute Gasteiger partial charge is 0.416 e. The summed E-state index contributed by atoms with van der Waals surface area (Å²) in [6, 6.07) is 7.02. The van der Waals surface area contributed by atoms with Gasteiger partial charge in [0.1, 0.15) is 18.1 Å². The second-order valence-corrected chi connectivity index (χ2v) is 5.28. The molecule has 1 heterocycles. The summed E-state index contributed by atoms with van der Waals surface area (Å²) < 4.78 is 54.0. The zero-order valence-corrected chi connectivity index (χ0v) is 12.7. The van der Waals surface area contributed by atoms with Crippen LogP contribution in [0.5, 0.6) is 11.5 Å². The van der Waals surface area contributed by atoms with Crippen molar-refractivity contribution in [2.24, 2.45) is 0 Å². The molecule has 1 aliphatic heterocycles. The average Bonchev–Trinajstić information content (AvgIpc) is 2.59. The highest BCUT2D eigenvalue weighted by Gasteiger charge is 2.30. The Kier molecular flexibility index (Phi) is 4.49. The molecule has 2 aromatic rings. The molecule has 0 aliphatic carbocycles. The molecule has 3 rings (SSSR count). The number of rotatable bonds is 4. The molecule has 1 aliphatic rings. The standard InChI is InChI=1S/C16H12F3NO5/c17-16(18,19)12-2-1-3-14(6-12)24-8-11-5-13(20(21)22)4-10-7-23-9-25-15(10)11/h1-6H,7-9H2. The van der Waals surface area contributed by atoms with Crippen LogP contribution in [0.2, 0.25) is 0 Å². The van der Waals surface area contributed by atoms with Crippen LogP contribution < -0.4 is 9.47 Å². The predicted molar refractivity (Wildman–Crippen MR) is 79.2 cm³/mol. The second kappa shape index (κ2) is 6.60. The first-order chi connectivity index (χ1) is 11.8. The Morgan fingerprint density at radius 3 is 2.76 bits per heavy atom. The number of nitro benzene ring substituents is 1. The summed E-state index contributed by atoms with van der Waals surface area (Å²) in [7, 11) is 0. The lowest BCUT2D eigenvalue weighted by atomic mass is 10.1. The fraction of sp³-hybridized carbons (Fsp3) is 0.250. The Morgan fingerprint density at radius 2 is 2.04 bits per heavy atom. The minimum Gasteiger partial charge on any atom is -0.489 e. The molecule has 2 aromatic carbocycles. The summed E-state index contributed by atoms with van der Waals surface area (Å²) in [5, 5.41) is 11.0. The fourth-order valence-electron chi connectivity index (χ4n) is 2.42. The Balaban J connectivity index is 1.86. The van der Waals surface area contributed by atoms with E-state index in [1.54, 1.807) is 0 Å². The van der Waals surface area contributed by atoms with Gasteiger partial charge in [-0.1, -0.05) is 6.07 Å². The number of hydrogen-bond donors (Lipinski definition) is 0. The van der Waals surface area contributed by atoms with E-state index >= 15 is 0 Å². The second-order valence-electron chi connectivity index (χ2n) is 5.28. The highest BCUT2D eigenvalue weighted by Crippen LogP contribution is 2.34. The van der Waals surface area contributed by atoms with E-state index in [9.17, 15) is 23.3 Å². The van der Waals surface area contributed by atoms with Crippen LogP contribution in [0.15, 0.2) is 36.4 Å². The Labute approximate surface area is 139 Å². The summed E-state index contributed by atoms with van der Waals surface area (Å²) in [5.74, 6) is 0.394. The van der Waals surface area contributed by atoms with Crippen LogP contribution in [-0.2, 0) is 24.1 Å². The summed E-state index contributed by atoms with van der Waals surface area (Å²) >= 11 is 0. The van der Waals surface area contributed by atoms with E-state index < -0.39 is 16.7 Å². The van der Waals surface area contributed by atoms with Gasteiger partial charge in [-0.2, -0.15) is 13.2 Å². The number of nitro groups is 1. The van der Waals surface area contributed by atoms with Crippen molar-refractivity contribution >= 4 is 5.69 Å². The van der Waals surface area contributed by atoms with Gasteiger partial charge in [0.2, 0.25) is 0 Å². The maximum Gasteiger partial charge on any atom is 0.416 e. The zero-order chi connectivity index (χ0) is 18.0. The monoisotopic (exact) mass is 355 g/mol. The number of ether oxygens (including phenoxy) is 3. The van der Waals surface area contributed by atoms with E-state index in [0.29, 0.717) is 16.9 Å². The Morgan fingerprint density at radius 1 is 1.24 bits per heavy atom. The summed E-state index contributed by atoms with van der Waals surface area (Å²) in [4.78, 5) is 10.5. The molecule has 9 heteroatoms. The molecule has 0 spiro atoms. The minimum absolute atomic E-state index is 0.00198. The molecule has 6 nitrogen and oxygen atoms in total. The molecule has 0 fully saturated rings. The number of nitrogens with zero attached hydrogens (tertiary/aromatic N) is 1. The van der Waals surface area contributed by atoms with E-state index in [-0.39, 0.29) is 31.4 Å². The van der Waals surface area contributed by atoms with Crippen molar-refractivity contribution in [1.29, 1.82) is 0 Å². The molecule has 0 amide bonds. The van der Waals surface area contributed by atoms with Gasteiger partial charge < -0.3 is 14.2 Å². The largest absolute Gasteiger partial charge is 0.489 e. The van der Waals surface area contributed by atoms with Gasteiger partial charge in [-0.15, -0.1) is 0 Å². The van der Waals surface area contributed by atoms with Gasteiger partial charge in [0.15, 0.2) is 6.79 Å². The molecule has 0 unspecified atom stereocenters. The van der Waals surface area contributed by atoms with Crippen molar-refractivity contribution in [1.82, 2.24) is 0 Å². The maximum atomic E-state index is 12.7. The van der Waals surface area contributed by atoms with Gasteiger partial charge >= 0.3 is 6.18 Å². The number of halogens is 3. The molecule has 0 saturated carbocycles. The molecule has 132 valence electrons. The van der Waals surface area contributed by atoms with E-state index in [2.05, 4.69) is 0 Å². The zero-order valence-electron chi connectivity index (χ0n) is 12.7. The molecule has 0 atom stereocenters. The lowest BCUT2D eigenvalue weighted by Crippen LogP contribution is -2.14. The first-order valence-corrected chi connectivity index (χ1v) is 7.15. The maximum absolute atomic E-state index is 12.7. The van der Waals surface area contributed by atoms with Gasteiger partial charge in [-0.3, -0.25) is 10.1 Å². The normalized spacial score (nSPS) is 13.7. The Hall–Kier alpha value is -2.81. The van der Waals surface area contributed by atoms with Gasteiger partial charge in [0, 0.05) is 23.3 Å². The van der Waals surface area contributed by atoms with Crippen molar-refractivity contribution in [3.05, 3.63) is 63.2 Å². The Bertz CT molecular complexity index is 807. The van der Waals surface area contributed by atoms with Crippen molar-refractivity contribution in [3.63, 3.8) is 0 Å². The number of fused-ring (bicyclic) bond motifs is 1. The fourth-order valence-corrected chi connectivity index (χ4v) is 2.42. The topological polar surface area (TPSA) is 70.8 Å². The lowest BCUT2D eigenvalue weighted by molar-refractivity contribution is -0.385. The van der Waals surface area contributed by atoms with Crippen molar-refractivity contribution in [2.75, 3.05) is 6.79 Å². The van der Waals surface area contributed by atoms with Gasteiger partial charge in [0.25, 0.3) is 5.69 Å². The third-order valence-corrected chi connectivity index (χ3v) is 3.54. The molecule has 0 N–H and O–H groups in total. The summed E-state index contributed by atoms with van der Waals surface area (Å²) in [5.41, 5.74) is -0.154. The number of benzene rings is 2. The van der Waals surface area contributed by atoms with Crippen LogP contribution in [0.3, 0.4) is 0 Å². The highest BCUT2D eigenvalue weighted by atomic mass is 19.4. The predicted octanol–water partition coefficient (Wildman–Crippen LogP) is 4.06. The molecule has 0 saturated heterocycles. The quantitative estimate of drug-likeness (QED) is 0.611. The summed E-state index contributed by atoms with van der Waals surface area (Å²) in [6.07, 6.45) is -4.48. The lowest BCUT2D eigenvalue weighted by Gasteiger charge is -2.20. The van der Waals surface area contributed by atoms with Crippen LogP contribution in [0, 0.1) is 10.1 Å². The molecule has 25 heavy (non-hydrogen) atoms. The van der Waals surface area contributed by atoms with Crippen molar-refractivity contribution < 1.29 is 32.3 Å². The first kappa shape index (κ1) is 17.0. The highest BCUT2D eigenvalue weighted by molar-refractivity contribution is 5.50.